The zero-order valence-electron chi connectivity index (χ0n) is 17.7. The van der Waals surface area contributed by atoms with Gasteiger partial charge < -0.3 is 10.2 Å². The predicted molar refractivity (Wildman–Crippen MR) is 120 cm³/mol. The lowest BCUT2D eigenvalue weighted by molar-refractivity contribution is -0.132. The molecule has 32 heavy (non-hydrogen) atoms. The summed E-state index contributed by atoms with van der Waals surface area (Å²) in [5.74, 6) is -0.925. The fourth-order valence-electron chi connectivity index (χ4n) is 4.07. The van der Waals surface area contributed by atoms with Crippen molar-refractivity contribution in [2.45, 2.75) is 25.3 Å². The number of piperidine rings is 1. The average molecular weight is 431 g/mol. The molecule has 164 valence electrons. The normalized spacial score (nSPS) is 16.5. The van der Waals surface area contributed by atoms with E-state index >= 15 is 0 Å². The highest BCUT2D eigenvalue weighted by atomic mass is 16.2. The van der Waals surface area contributed by atoms with E-state index in [1.165, 1.54) is 6.08 Å². The van der Waals surface area contributed by atoms with Gasteiger partial charge in [-0.05, 0) is 36.6 Å². The van der Waals surface area contributed by atoms with Crippen LogP contribution >= 0.6 is 0 Å². The first-order valence-electron chi connectivity index (χ1n) is 10.8. The van der Waals surface area contributed by atoms with Crippen LogP contribution in [0.5, 0.6) is 0 Å². The fraction of sp³-hybridized carbons (Fsp3) is 0.280. The third kappa shape index (κ3) is 4.77. The molecule has 0 saturated carbocycles. The van der Waals surface area contributed by atoms with Crippen LogP contribution in [0, 0.1) is 0 Å². The summed E-state index contributed by atoms with van der Waals surface area (Å²) in [4.78, 5) is 52.5. The van der Waals surface area contributed by atoms with Gasteiger partial charge in [0.05, 0.1) is 11.1 Å². The van der Waals surface area contributed by atoms with Crippen LogP contribution in [0.25, 0.3) is 6.08 Å². The van der Waals surface area contributed by atoms with Crippen LogP contribution in [-0.2, 0) is 9.59 Å². The molecule has 2 aromatic rings. The Hall–Kier alpha value is -3.74. The smallest absolute Gasteiger partial charge is 0.261 e. The molecule has 0 radical (unpaired) electrons. The van der Waals surface area contributed by atoms with E-state index in [1.54, 1.807) is 35.2 Å². The van der Waals surface area contributed by atoms with E-state index in [2.05, 4.69) is 5.32 Å². The van der Waals surface area contributed by atoms with Crippen molar-refractivity contribution in [2.75, 3.05) is 19.6 Å². The second-order valence-corrected chi connectivity index (χ2v) is 7.97. The van der Waals surface area contributed by atoms with Crippen LogP contribution in [0.1, 0.15) is 45.5 Å². The van der Waals surface area contributed by atoms with Gasteiger partial charge in [-0.25, -0.2) is 0 Å². The minimum Gasteiger partial charge on any atom is -0.350 e. The first-order valence-corrected chi connectivity index (χ1v) is 10.8. The molecule has 0 aliphatic carbocycles. The summed E-state index contributed by atoms with van der Waals surface area (Å²) >= 11 is 0. The molecule has 1 N–H and O–H groups in total. The highest BCUT2D eigenvalue weighted by Gasteiger charge is 2.35. The van der Waals surface area contributed by atoms with Crippen LogP contribution in [0.15, 0.2) is 60.7 Å². The lowest BCUT2D eigenvalue weighted by Gasteiger charge is -2.32. The molecule has 4 amide bonds. The maximum Gasteiger partial charge on any atom is 0.261 e. The summed E-state index contributed by atoms with van der Waals surface area (Å²) < 4.78 is 0. The maximum absolute atomic E-state index is 12.6. The van der Waals surface area contributed by atoms with E-state index < -0.39 is 0 Å². The maximum atomic E-state index is 12.6. The topological polar surface area (TPSA) is 86.8 Å². The zero-order valence-corrected chi connectivity index (χ0v) is 17.7. The van der Waals surface area contributed by atoms with Gasteiger partial charge in [-0.15, -0.1) is 0 Å². The van der Waals surface area contributed by atoms with Gasteiger partial charge in [0, 0.05) is 38.2 Å². The third-order valence-corrected chi connectivity index (χ3v) is 5.85. The molecule has 0 spiro atoms. The Morgan fingerprint density at radius 1 is 0.906 bits per heavy atom. The number of nitrogens with one attached hydrogen (secondary N) is 1. The number of carbonyl (C=O) groups is 4. The standard InChI is InChI=1S/C25H25N3O4/c29-22(11-10-18-6-2-1-3-7-18)26-19-12-15-27(16-13-19)23(30)14-17-28-24(31)20-8-4-5-9-21(20)25(28)32/h1-11,19H,12-17H2,(H,26,29)/b11-10+. The van der Waals surface area contributed by atoms with Crippen LogP contribution in [0.3, 0.4) is 0 Å². The summed E-state index contributed by atoms with van der Waals surface area (Å²) in [5.41, 5.74) is 1.74. The van der Waals surface area contributed by atoms with Gasteiger partial charge in [0.2, 0.25) is 11.8 Å². The van der Waals surface area contributed by atoms with E-state index in [0.29, 0.717) is 37.1 Å². The Balaban J connectivity index is 1.21. The number of benzene rings is 2. The molecule has 0 atom stereocenters. The van der Waals surface area contributed by atoms with Crippen LogP contribution in [0.2, 0.25) is 0 Å². The van der Waals surface area contributed by atoms with Crippen molar-refractivity contribution in [3.8, 4) is 0 Å². The van der Waals surface area contributed by atoms with Crippen LogP contribution < -0.4 is 5.32 Å². The van der Waals surface area contributed by atoms with E-state index in [9.17, 15) is 19.2 Å². The number of nitrogens with zero attached hydrogens (tertiary/aromatic N) is 2. The van der Waals surface area contributed by atoms with Gasteiger partial charge in [-0.1, -0.05) is 42.5 Å². The molecule has 1 fully saturated rings. The molecular formula is C25H25N3O4. The Bertz CT molecular complexity index is 1020. The predicted octanol–water partition coefficient (Wildman–Crippen LogP) is 2.49. The molecule has 0 unspecified atom stereocenters. The van der Waals surface area contributed by atoms with Gasteiger partial charge in [0.15, 0.2) is 0 Å². The number of carbonyl (C=O) groups excluding carboxylic acids is 4. The lowest BCUT2D eigenvalue weighted by atomic mass is 10.0. The molecule has 2 aliphatic heterocycles. The molecule has 2 aromatic carbocycles. The Morgan fingerprint density at radius 3 is 2.12 bits per heavy atom. The molecule has 4 rings (SSSR count). The van der Waals surface area contributed by atoms with Gasteiger partial charge in [-0.3, -0.25) is 24.1 Å². The summed E-state index contributed by atoms with van der Waals surface area (Å²) in [5, 5.41) is 2.99. The molecular weight excluding hydrogens is 406 g/mol. The summed E-state index contributed by atoms with van der Waals surface area (Å²) in [7, 11) is 0. The lowest BCUT2D eigenvalue weighted by Crippen LogP contribution is -2.47. The number of imide groups is 1. The highest BCUT2D eigenvalue weighted by Crippen LogP contribution is 2.22. The van der Waals surface area contributed by atoms with Crippen molar-refractivity contribution < 1.29 is 19.2 Å². The number of hydrogen-bond acceptors (Lipinski definition) is 4. The van der Waals surface area contributed by atoms with E-state index in [-0.39, 0.29) is 42.6 Å². The molecule has 7 heteroatoms. The van der Waals surface area contributed by atoms with E-state index in [4.69, 9.17) is 0 Å². The minimum atomic E-state index is -0.344. The zero-order chi connectivity index (χ0) is 22.5. The number of amides is 4. The van der Waals surface area contributed by atoms with Crippen molar-refractivity contribution in [2.24, 2.45) is 0 Å². The van der Waals surface area contributed by atoms with Crippen molar-refractivity contribution >= 4 is 29.7 Å². The second-order valence-electron chi connectivity index (χ2n) is 7.97. The van der Waals surface area contributed by atoms with Crippen LogP contribution in [-0.4, -0.2) is 59.1 Å². The SMILES string of the molecule is O=C(/C=C/c1ccccc1)NC1CCN(C(=O)CCN2C(=O)c3ccccc3C2=O)CC1. The van der Waals surface area contributed by atoms with Gasteiger partial charge >= 0.3 is 0 Å². The molecule has 0 aromatic heterocycles. The second kappa shape index (κ2) is 9.60. The van der Waals surface area contributed by atoms with Crippen molar-refractivity contribution in [1.29, 1.82) is 0 Å². The fourth-order valence-corrected chi connectivity index (χ4v) is 4.07. The van der Waals surface area contributed by atoms with Gasteiger partial charge in [0.1, 0.15) is 0 Å². The quantitative estimate of drug-likeness (QED) is 0.562. The summed E-state index contributed by atoms with van der Waals surface area (Å²) in [6, 6.07) is 16.3. The summed E-state index contributed by atoms with van der Waals surface area (Å²) in [6.45, 7) is 1.15. The Labute approximate surface area is 186 Å². The molecule has 2 aliphatic rings. The first kappa shape index (κ1) is 21.5. The number of likely N-dealkylation sites (tertiary alicyclic amines) is 1. The Kier molecular flexibility index (Phi) is 6.44. The third-order valence-electron chi connectivity index (χ3n) is 5.85. The average Bonchev–Trinajstić information content (AvgIpc) is 3.07. The number of fused-ring (bicyclic) bond motifs is 1. The molecule has 0 bridgehead atoms. The van der Waals surface area contributed by atoms with Gasteiger partial charge in [0.25, 0.3) is 11.8 Å². The van der Waals surface area contributed by atoms with E-state index in [1.807, 2.05) is 30.3 Å². The molecule has 7 nitrogen and oxygen atoms in total. The molecule has 1 saturated heterocycles. The van der Waals surface area contributed by atoms with Crippen molar-refractivity contribution in [3.05, 3.63) is 77.4 Å². The summed E-state index contributed by atoms with van der Waals surface area (Å²) in [6.07, 6.45) is 4.73. The number of hydrogen-bond donors (Lipinski definition) is 1. The highest BCUT2D eigenvalue weighted by molar-refractivity contribution is 6.21. The van der Waals surface area contributed by atoms with Crippen molar-refractivity contribution in [1.82, 2.24) is 15.1 Å². The number of rotatable bonds is 6. The largest absolute Gasteiger partial charge is 0.350 e. The monoisotopic (exact) mass is 431 g/mol. The minimum absolute atomic E-state index is 0.0169. The van der Waals surface area contributed by atoms with Crippen LogP contribution in [0.4, 0.5) is 0 Å². The van der Waals surface area contributed by atoms with E-state index in [0.717, 1.165) is 10.5 Å². The first-order chi connectivity index (χ1) is 15.5. The van der Waals surface area contributed by atoms with Crippen molar-refractivity contribution in [3.63, 3.8) is 0 Å². The molecule has 2 heterocycles. The Morgan fingerprint density at radius 2 is 1.50 bits per heavy atom. The van der Waals surface area contributed by atoms with Gasteiger partial charge in [-0.2, -0.15) is 0 Å².